The van der Waals surface area contributed by atoms with Crippen LogP contribution in [0, 0.1) is 11.8 Å². The lowest BCUT2D eigenvalue weighted by atomic mass is 9.74. The molecule has 2 aliphatic rings. The van der Waals surface area contributed by atoms with Gasteiger partial charge in [0.15, 0.2) is 0 Å². The molecule has 4 rings (SSSR count). The zero-order chi connectivity index (χ0) is 16.4. The average molecular weight is 314 g/mol. The zero-order valence-corrected chi connectivity index (χ0v) is 13.3. The summed E-state index contributed by atoms with van der Waals surface area (Å²) >= 11 is 0. The molecular weight excluding hydrogens is 296 g/mol. The molecule has 0 N–H and O–H groups in total. The number of hydrogen-bond donors (Lipinski definition) is 0. The van der Waals surface area contributed by atoms with Gasteiger partial charge in [-0.3, -0.25) is 4.79 Å². The third-order valence-electron chi connectivity index (χ3n) is 4.74. The summed E-state index contributed by atoms with van der Waals surface area (Å²) in [4.78, 5) is 12.9. The van der Waals surface area contributed by atoms with E-state index >= 15 is 0 Å². The molecule has 0 amide bonds. The van der Waals surface area contributed by atoms with Crippen molar-refractivity contribution in [1.29, 1.82) is 0 Å². The molecule has 1 fully saturated rings. The van der Waals surface area contributed by atoms with E-state index < -0.39 is 0 Å². The van der Waals surface area contributed by atoms with E-state index in [9.17, 15) is 4.79 Å². The number of ketones is 1. The fourth-order valence-corrected chi connectivity index (χ4v) is 3.32. The summed E-state index contributed by atoms with van der Waals surface area (Å²) in [7, 11) is 0. The first-order valence-electron chi connectivity index (χ1n) is 8.29. The maximum atomic E-state index is 12.9. The van der Waals surface area contributed by atoms with Crippen molar-refractivity contribution in [3.05, 3.63) is 83.9 Å². The minimum absolute atomic E-state index is 0.0911. The number of carbonyl (C=O) groups is 1. The highest BCUT2D eigenvalue weighted by atomic mass is 16.1. The first-order chi connectivity index (χ1) is 11.8. The number of hydrogen-bond acceptors (Lipinski definition) is 3. The van der Waals surface area contributed by atoms with Crippen molar-refractivity contribution in [3.63, 3.8) is 0 Å². The van der Waals surface area contributed by atoms with E-state index in [2.05, 4.69) is 22.4 Å². The average Bonchev–Trinajstić information content (AvgIpc) is 3.00. The Morgan fingerprint density at radius 1 is 0.917 bits per heavy atom. The molecule has 2 aromatic rings. The molecule has 0 aromatic heterocycles. The highest BCUT2D eigenvalue weighted by molar-refractivity contribution is 6.51. The minimum atomic E-state index is -0.0911. The second-order valence-corrected chi connectivity index (χ2v) is 6.24. The van der Waals surface area contributed by atoms with Gasteiger partial charge < -0.3 is 0 Å². The van der Waals surface area contributed by atoms with E-state index in [0.717, 1.165) is 24.1 Å². The van der Waals surface area contributed by atoms with Crippen LogP contribution >= 0.6 is 0 Å². The van der Waals surface area contributed by atoms with Crippen LogP contribution < -0.4 is 0 Å². The molecule has 1 saturated carbocycles. The Bertz CT molecular complexity index is 835. The second-order valence-electron chi connectivity index (χ2n) is 6.24. The molecule has 0 bridgehead atoms. The highest BCUT2D eigenvalue weighted by Crippen LogP contribution is 2.40. The number of benzene rings is 2. The quantitative estimate of drug-likeness (QED) is 0.359. The van der Waals surface area contributed by atoms with Gasteiger partial charge in [0, 0.05) is 22.8 Å². The highest BCUT2D eigenvalue weighted by Gasteiger charge is 2.38. The number of rotatable bonds is 4. The van der Waals surface area contributed by atoms with Crippen molar-refractivity contribution in [2.45, 2.75) is 12.8 Å². The van der Waals surface area contributed by atoms with Crippen LogP contribution in [0.1, 0.15) is 28.8 Å². The lowest BCUT2D eigenvalue weighted by Crippen LogP contribution is -2.33. The van der Waals surface area contributed by atoms with Gasteiger partial charge in [0.2, 0.25) is 5.78 Å². The maximum absolute atomic E-state index is 12.9. The van der Waals surface area contributed by atoms with Gasteiger partial charge >= 0.3 is 0 Å². The Hall–Kier alpha value is -2.81. The first kappa shape index (κ1) is 14.8. The molecular formula is C21H18N2O. The molecule has 0 saturated heterocycles. The van der Waals surface area contributed by atoms with E-state index in [-0.39, 0.29) is 5.78 Å². The predicted molar refractivity (Wildman–Crippen MR) is 96.5 cm³/mol. The summed E-state index contributed by atoms with van der Waals surface area (Å²) in [5.41, 5.74) is 2.95. The summed E-state index contributed by atoms with van der Waals surface area (Å²) in [6.45, 7) is 0. The number of Topliss-reactive ketones (excluding diaryl/α,β-unsaturated/α-hetero) is 1. The molecule has 0 radical (unpaired) electrons. The van der Waals surface area contributed by atoms with Crippen molar-refractivity contribution in [2.24, 2.45) is 22.0 Å². The van der Waals surface area contributed by atoms with Crippen LogP contribution in [0.15, 0.2) is 83.0 Å². The fraction of sp³-hybridized carbons (Fsp3) is 0.190. The normalized spacial score (nSPS) is 23.8. The Kier molecular flexibility index (Phi) is 3.91. The lowest BCUT2D eigenvalue weighted by Gasteiger charge is -2.31. The van der Waals surface area contributed by atoms with Gasteiger partial charge in [-0.25, -0.2) is 0 Å². The lowest BCUT2D eigenvalue weighted by molar-refractivity contribution is 0.106. The first-order valence-corrected chi connectivity index (χ1v) is 8.29. The minimum Gasteiger partial charge on any atom is -0.287 e. The molecule has 2 atom stereocenters. The van der Waals surface area contributed by atoms with Gasteiger partial charge in [0.25, 0.3) is 0 Å². The van der Waals surface area contributed by atoms with Crippen LogP contribution in [0.25, 0.3) is 0 Å². The second kappa shape index (κ2) is 6.36. The smallest absolute Gasteiger partial charge is 0.213 e. The van der Waals surface area contributed by atoms with Gasteiger partial charge in [-0.1, -0.05) is 72.8 Å². The van der Waals surface area contributed by atoms with Crippen molar-refractivity contribution in [1.82, 2.24) is 0 Å². The molecule has 24 heavy (non-hydrogen) atoms. The maximum Gasteiger partial charge on any atom is 0.213 e. The van der Waals surface area contributed by atoms with Crippen molar-refractivity contribution in [2.75, 3.05) is 0 Å². The van der Waals surface area contributed by atoms with Crippen LogP contribution in [0.5, 0.6) is 0 Å². The van der Waals surface area contributed by atoms with Gasteiger partial charge in [0.05, 0.1) is 0 Å². The van der Waals surface area contributed by atoms with Crippen LogP contribution in [0.2, 0.25) is 0 Å². The number of carbonyl (C=O) groups excluding carboxylic acids is 1. The molecule has 2 aliphatic carbocycles. The number of nitrogens with zero attached hydrogens (tertiary/aromatic N) is 2. The van der Waals surface area contributed by atoms with Gasteiger partial charge in [-0.05, 0) is 18.8 Å². The third-order valence-corrected chi connectivity index (χ3v) is 4.74. The number of fused-ring (bicyclic) bond motifs is 1. The zero-order valence-electron chi connectivity index (χ0n) is 13.3. The molecule has 0 aliphatic heterocycles. The Morgan fingerprint density at radius 3 is 2.25 bits per heavy atom. The Balaban J connectivity index is 1.68. The third kappa shape index (κ3) is 2.73. The summed E-state index contributed by atoms with van der Waals surface area (Å²) in [5, 5.41) is 8.82. The van der Waals surface area contributed by atoms with E-state index in [1.54, 1.807) is 0 Å². The molecule has 118 valence electrons. The number of allylic oxidation sites excluding steroid dienone is 2. The van der Waals surface area contributed by atoms with Crippen molar-refractivity contribution in [3.8, 4) is 0 Å². The Morgan fingerprint density at radius 2 is 1.58 bits per heavy atom. The van der Waals surface area contributed by atoms with Crippen LogP contribution in [-0.4, -0.2) is 17.2 Å². The summed E-state index contributed by atoms with van der Waals surface area (Å²) in [6, 6.07) is 18.8. The standard InChI is InChI=1S/C21H18N2O/c24-21(16-10-5-2-6-11-16)20(15-8-3-1-4-9-15)23-22-19-14-17-12-7-13-18(17)19/h1-12,17-18H,13-14H2/b22-19+,23-20+. The van der Waals surface area contributed by atoms with E-state index in [1.165, 1.54) is 0 Å². The van der Waals surface area contributed by atoms with Gasteiger partial charge in [-0.2, -0.15) is 5.10 Å². The van der Waals surface area contributed by atoms with Crippen LogP contribution in [0.4, 0.5) is 0 Å². The molecule has 0 heterocycles. The van der Waals surface area contributed by atoms with E-state index in [4.69, 9.17) is 0 Å². The molecule has 2 unspecified atom stereocenters. The molecule has 2 aromatic carbocycles. The predicted octanol–water partition coefficient (Wildman–Crippen LogP) is 4.31. The SMILES string of the molecule is O=C(/C(=N/N=C1\CC2C=CCC12)c1ccccc1)c1ccccc1. The summed E-state index contributed by atoms with van der Waals surface area (Å²) in [6.07, 6.45) is 6.49. The topological polar surface area (TPSA) is 41.8 Å². The molecule has 0 spiro atoms. The van der Waals surface area contributed by atoms with E-state index in [1.807, 2.05) is 60.7 Å². The van der Waals surface area contributed by atoms with Gasteiger partial charge in [-0.15, -0.1) is 5.10 Å². The largest absolute Gasteiger partial charge is 0.287 e. The van der Waals surface area contributed by atoms with E-state index in [0.29, 0.717) is 23.1 Å². The fourth-order valence-electron chi connectivity index (χ4n) is 3.32. The van der Waals surface area contributed by atoms with Crippen LogP contribution in [0.3, 0.4) is 0 Å². The van der Waals surface area contributed by atoms with Crippen molar-refractivity contribution < 1.29 is 4.79 Å². The molecule has 3 nitrogen and oxygen atoms in total. The molecule has 3 heteroatoms. The van der Waals surface area contributed by atoms with Crippen molar-refractivity contribution >= 4 is 17.2 Å². The summed E-state index contributed by atoms with van der Waals surface area (Å²) in [5.74, 6) is 1.04. The monoisotopic (exact) mass is 314 g/mol. The summed E-state index contributed by atoms with van der Waals surface area (Å²) < 4.78 is 0. The Labute approximate surface area is 141 Å². The van der Waals surface area contributed by atoms with Gasteiger partial charge in [0.1, 0.15) is 5.71 Å². The van der Waals surface area contributed by atoms with Crippen LogP contribution in [-0.2, 0) is 0 Å².